The number of pyridine rings is 1. The largest absolute Gasteiger partial charge is 0.419 e. The van der Waals surface area contributed by atoms with Gasteiger partial charge in [-0.3, -0.25) is 4.90 Å². The number of ether oxygens (including phenoxy) is 1. The number of hydrogen-bond donors (Lipinski definition) is 1. The molecule has 31 heavy (non-hydrogen) atoms. The van der Waals surface area contributed by atoms with Crippen LogP contribution >= 0.6 is 0 Å². The molecule has 0 amide bonds. The molecule has 0 radical (unpaired) electrons. The number of alkyl halides is 3. The molecule has 3 aliphatic rings. The summed E-state index contributed by atoms with van der Waals surface area (Å²) in [7, 11) is 0. The lowest BCUT2D eigenvalue weighted by Gasteiger charge is -2.32. The Labute approximate surface area is 178 Å². The molecule has 0 spiro atoms. The number of aromatic nitrogens is 3. The van der Waals surface area contributed by atoms with E-state index in [2.05, 4.69) is 20.5 Å². The number of fused-ring (bicyclic) bond motifs is 1. The van der Waals surface area contributed by atoms with Crippen LogP contribution in [0.4, 0.5) is 19.0 Å². The molecule has 1 aliphatic heterocycles. The molecule has 3 atom stereocenters. The number of morpholine rings is 1. The van der Waals surface area contributed by atoms with Gasteiger partial charge in [0, 0.05) is 48.9 Å². The summed E-state index contributed by atoms with van der Waals surface area (Å²) in [6.45, 7) is 7.59. The lowest BCUT2D eigenvalue weighted by Crippen LogP contribution is -2.42. The van der Waals surface area contributed by atoms with E-state index in [4.69, 9.17) is 15.5 Å². The summed E-state index contributed by atoms with van der Waals surface area (Å²) in [5.74, 6) is 0.983. The average molecular weight is 433 g/mol. The van der Waals surface area contributed by atoms with Gasteiger partial charge < -0.3 is 15.0 Å². The summed E-state index contributed by atoms with van der Waals surface area (Å²) in [4.78, 5) is 10.9. The first-order valence-corrected chi connectivity index (χ1v) is 10.7. The topological polar surface area (TPSA) is 69.2 Å². The maximum Gasteiger partial charge on any atom is 0.419 e. The van der Waals surface area contributed by atoms with Crippen LogP contribution in [0.15, 0.2) is 30.1 Å². The van der Waals surface area contributed by atoms with E-state index in [0.717, 1.165) is 44.6 Å². The molecule has 0 aromatic carbocycles. The van der Waals surface area contributed by atoms with Crippen molar-refractivity contribution in [2.24, 2.45) is 5.92 Å². The predicted molar refractivity (Wildman–Crippen MR) is 110 cm³/mol. The Morgan fingerprint density at radius 1 is 1.23 bits per heavy atom. The SMILES string of the molecule is CC(C)c1nc(-c2cnc(N)c(C(F)(F)F)c2)cn1[C@H]1C2=CC(N3CCOCC3)C[C@@H]21. The van der Waals surface area contributed by atoms with E-state index in [1.54, 1.807) is 0 Å². The highest BCUT2D eigenvalue weighted by atomic mass is 19.4. The number of nitrogens with zero attached hydrogens (tertiary/aromatic N) is 4. The van der Waals surface area contributed by atoms with E-state index in [1.807, 2.05) is 20.0 Å². The summed E-state index contributed by atoms with van der Waals surface area (Å²) in [6, 6.07) is 1.75. The minimum Gasteiger partial charge on any atom is -0.383 e. The van der Waals surface area contributed by atoms with E-state index >= 15 is 0 Å². The van der Waals surface area contributed by atoms with Gasteiger partial charge >= 0.3 is 6.18 Å². The van der Waals surface area contributed by atoms with Gasteiger partial charge in [0.2, 0.25) is 0 Å². The van der Waals surface area contributed by atoms with E-state index in [0.29, 0.717) is 23.2 Å². The second-order valence-electron chi connectivity index (χ2n) is 8.87. The van der Waals surface area contributed by atoms with Crippen LogP contribution in [0.2, 0.25) is 0 Å². The van der Waals surface area contributed by atoms with Crippen LogP contribution in [0, 0.1) is 5.92 Å². The first-order valence-electron chi connectivity index (χ1n) is 10.7. The van der Waals surface area contributed by atoms with Crippen LogP contribution < -0.4 is 5.73 Å². The summed E-state index contributed by atoms with van der Waals surface area (Å²) in [6.07, 6.45) is 2.13. The monoisotopic (exact) mass is 433 g/mol. The van der Waals surface area contributed by atoms with Gasteiger partial charge in [-0.25, -0.2) is 9.97 Å². The zero-order valence-electron chi connectivity index (χ0n) is 17.6. The van der Waals surface area contributed by atoms with Crippen molar-refractivity contribution in [2.75, 3.05) is 32.0 Å². The van der Waals surface area contributed by atoms with Crippen molar-refractivity contribution in [2.45, 2.75) is 44.4 Å². The maximum atomic E-state index is 13.3. The van der Waals surface area contributed by atoms with Crippen LogP contribution in [-0.4, -0.2) is 51.8 Å². The predicted octanol–water partition coefficient (Wildman–Crippen LogP) is 3.87. The quantitative estimate of drug-likeness (QED) is 0.742. The summed E-state index contributed by atoms with van der Waals surface area (Å²) >= 11 is 0. The first-order chi connectivity index (χ1) is 14.7. The van der Waals surface area contributed by atoms with Crippen molar-refractivity contribution in [3.63, 3.8) is 0 Å². The molecule has 2 aromatic rings. The van der Waals surface area contributed by atoms with Crippen LogP contribution in [0.1, 0.15) is 43.6 Å². The summed E-state index contributed by atoms with van der Waals surface area (Å²) < 4.78 is 47.4. The van der Waals surface area contributed by atoms with Gasteiger partial charge in [0.15, 0.2) is 0 Å². The normalized spacial score (nSPS) is 26.3. The highest BCUT2D eigenvalue weighted by Gasteiger charge is 2.52. The fraction of sp³-hybridized carbons (Fsp3) is 0.545. The third kappa shape index (κ3) is 3.63. The van der Waals surface area contributed by atoms with Crippen molar-refractivity contribution in [3.8, 4) is 11.3 Å². The molecular weight excluding hydrogens is 407 g/mol. The van der Waals surface area contributed by atoms with Gasteiger partial charge in [0.25, 0.3) is 0 Å². The Hall–Kier alpha value is -2.39. The fourth-order valence-corrected chi connectivity index (χ4v) is 4.92. The molecule has 6 nitrogen and oxygen atoms in total. The second-order valence-corrected chi connectivity index (χ2v) is 8.87. The lowest BCUT2D eigenvalue weighted by atomic mass is 10.1. The van der Waals surface area contributed by atoms with Crippen LogP contribution in [0.3, 0.4) is 0 Å². The minimum atomic E-state index is -4.55. The minimum absolute atomic E-state index is 0.148. The second kappa shape index (κ2) is 7.34. The van der Waals surface area contributed by atoms with Gasteiger partial charge in [-0.2, -0.15) is 13.2 Å². The van der Waals surface area contributed by atoms with E-state index in [-0.39, 0.29) is 12.0 Å². The fourth-order valence-electron chi connectivity index (χ4n) is 4.92. The molecule has 9 heteroatoms. The molecule has 1 saturated carbocycles. The molecule has 2 fully saturated rings. The number of nitrogens with two attached hydrogens (primary N) is 1. The zero-order valence-corrected chi connectivity index (χ0v) is 17.6. The Morgan fingerprint density at radius 2 is 1.97 bits per heavy atom. The molecule has 2 N–H and O–H groups in total. The van der Waals surface area contributed by atoms with Gasteiger partial charge in [-0.15, -0.1) is 0 Å². The third-order valence-electron chi connectivity index (χ3n) is 6.53. The van der Waals surface area contributed by atoms with Crippen molar-refractivity contribution in [3.05, 3.63) is 41.5 Å². The Morgan fingerprint density at radius 3 is 2.58 bits per heavy atom. The van der Waals surface area contributed by atoms with Crippen molar-refractivity contribution in [1.82, 2.24) is 19.4 Å². The molecule has 2 aromatic heterocycles. The number of nitrogen functional groups attached to an aromatic ring is 1. The molecule has 0 bridgehead atoms. The molecule has 166 valence electrons. The third-order valence-corrected chi connectivity index (χ3v) is 6.53. The first kappa shape index (κ1) is 20.5. The molecule has 1 saturated heterocycles. The van der Waals surface area contributed by atoms with E-state index < -0.39 is 17.6 Å². The van der Waals surface area contributed by atoms with Gasteiger partial charge in [-0.05, 0) is 18.1 Å². The molecule has 2 aliphatic carbocycles. The Balaban J connectivity index is 1.43. The standard InChI is InChI=1S/C22H26F3N5O/c1-12(2)21-28-18(13-7-17(22(23,24)25)20(26)27-10-13)11-30(21)19-15-8-14(9-16(15)19)29-3-5-31-6-4-29/h7-8,10-12,14,16,19H,3-6,9H2,1-2H3,(H2,26,27)/t14?,16-,19-/m0/s1. The van der Waals surface area contributed by atoms with E-state index in [9.17, 15) is 13.2 Å². The highest BCUT2D eigenvalue weighted by Crippen LogP contribution is 2.58. The number of allylic oxidation sites excluding steroid dienone is 1. The van der Waals surface area contributed by atoms with Crippen molar-refractivity contribution < 1.29 is 17.9 Å². The van der Waals surface area contributed by atoms with Crippen molar-refractivity contribution in [1.29, 1.82) is 0 Å². The zero-order chi connectivity index (χ0) is 21.9. The molecule has 5 rings (SSSR count). The number of hydrogen-bond acceptors (Lipinski definition) is 5. The van der Waals surface area contributed by atoms with Crippen LogP contribution in [-0.2, 0) is 10.9 Å². The highest BCUT2D eigenvalue weighted by molar-refractivity contribution is 5.62. The van der Waals surface area contributed by atoms with Gasteiger partial charge in [0.1, 0.15) is 11.6 Å². The smallest absolute Gasteiger partial charge is 0.383 e. The average Bonchev–Trinajstić information content (AvgIpc) is 3.09. The number of anilines is 1. The summed E-state index contributed by atoms with van der Waals surface area (Å²) in [5, 5.41) is 0. The number of rotatable bonds is 4. The number of halogens is 3. The van der Waals surface area contributed by atoms with E-state index in [1.165, 1.54) is 11.8 Å². The van der Waals surface area contributed by atoms with Gasteiger partial charge in [-0.1, -0.05) is 19.9 Å². The molecule has 3 heterocycles. The Kier molecular flexibility index (Phi) is 4.86. The van der Waals surface area contributed by atoms with Gasteiger partial charge in [0.05, 0.1) is 30.5 Å². The summed E-state index contributed by atoms with van der Waals surface area (Å²) in [5.41, 5.74) is 6.76. The van der Waals surface area contributed by atoms with Crippen LogP contribution in [0.25, 0.3) is 11.3 Å². The number of imidazole rings is 1. The lowest BCUT2D eigenvalue weighted by molar-refractivity contribution is -0.137. The van der Waals surface area contributed by atoms with Crippen molar-refractivity contribution >= 4 is 5.82 Å². The molecular formula is C22H26F3N5O. The van der Waals surface area contributed by atoms with Crippen LogP contribution in [0.5, 0.6) is 0 Å². The Bertz CT molecular complexity index is 1020. The maximum absolute atomic E-state index is 13.3. The molecule has 1 unspecified atom stereocenters.